The van der Waals surface area contributed by atoms with Crippen LogP contribution in [0.2, 0.25) is 0 Å². The van der Waals surface area contributed by atoms with Crippen LogP contribution in [0.5, 0.6) is 5.75 Å². The molecular formula is C13H13O2+. The molecule has 2 atom stereocenters. The molecule has 15 heavy (non-hydrogen) atoms. The van der Waals surface area contributed by atoms with Gasteiger partial charge in [-0.3, -0.25) is 4.79 Å². The van der Waals surface area contributed by atoms with Crippen molar-refractivity contribution >= 4 is 5.78 Å². The van der Waals surface area contributed by atoms with E-state index < -0.39 is 0 Å². The Balaban J connectivity index is 2.02. The van der Waals surface area contributed by atoms with Crippen LogP contribution in [0.25, 0.3) is 0 Å². The van der Waals surface area contributed by atoms with Crippen molar-refractivity contribution in [3.05, 3.63) is 36.2 Å². The molecule has 1 aliphatic heterocycles. The maximum atomic E-state index is 12.2. The van der Waals surface area contributed by atoms with E-state index in [0.29, 0.717) is 0 Å². The number of fused-ring (bicyclic) bond motifs is 2. The molecule has 0 N–H and O–H groups in total. The van der Waals surface area contributed by atoms with Gasteiger partial charge in [-0.25, -0.2) is 0 Å². The smallest absolute Gasteiger partial charge is 0.173 e. The van der Waals surface area contributed by atoms with Gasteiger partial charge in [-0.2, -0.15) is 0 Å². The second-order valence-electron chi connectivity index (χ2n) is 4.22. The van der Waals surface area contributed by atoms with E-state index in [-0.39, 0.29) is 17.8 Å². The van der Waals surface area contributed by atoms with Crippen molar-refractivity contribution < 1.29 is 9.53 Å². The number of para-hydroxylation sites is 1. The lowest BCUT2D eigenvalue weighted by atomic mass is 9.79. The summed E-state index contributed by atoms with van der Waals surface area (Å²) >= 11 is 0. The molecule has 0 unspecified atom stereocenters. The predicted molar refractivity (Wildman–Crippen MR) is 56.8 cm³/mol. The van der Waals surface area contributed by atoms with Crippen LogP contribution in [0.1, 0.15) is 29.6 Å². The quantitative estimate of drug-likeness (QED) is 0.603. The van der Waals surface area contributed by atoms with Gasteiger partial charge in [-0.1, -0.05) is 12.1 Å². The summed E-state index contributed by atoms with van der Waals surface area (Å²) in [6, 6.07) is 7.57. The average Bonchev–Trinajstić information content (AvgIpc) is 2.30. The summed E-state index contributed by atoms with van der Waals surface area (Å²) in [5.74, 6) is 1.12. The third kappa shape index (κ3) is 1.32. The van der Waals surface area contributed by atoms with Crippen LogP contribution >= 0.6 is 0 Å². The van der Waals surface area contributed by atoms with Crippen molar-refractivity contribution in [3.63, 3.8) is 0 Å². The lowest BCUT2D eigenvalue weighted by Crippen LogP contribution is -2.39. The molecule has 1 aromatic rings. The number of hydrogen-bond acceptors (Lipinski definition) is 2. The highest BCUT2D eigenvalue weighted by molar-refractivity contribution is 6.01. The van der Waals surface area contributed by atoms with E-state index in [9.17, 15) is 4.79 Å². The van der Waals surface area contributed by atoms with Gasteiger partial charge in [0.2, 0.25) is 0 Å². The summed E-state index contributed by atoms with van der Waals surface area (Å²) in [5, 5.41) is 0. The molecule has 76 valence electrons. The molecule has 0 saturated heterocycles. The maximum absolute atomic E-state index is 12.2. The number of ketones is 1. The first-order valence-electron chi connectivity index (χ1n) is 5.48. The third-order valence-electron chi connectivity index (χ3n) is 3.30. The van der Waals surface area contributed by atoms with Gasteiger partial charge in [0.25, 0.3) is 0 Å². The molecule has 0 spiro atoms. The van der Waals surface area contributed by atoms with Gasteiger partial charge in [-0.05, 0) is 12.1 Å². The first kappa shape index (κ1) is 8.84. The predicted octanol–water partition coefficient (Wildman–Crippen LogP) is 2.63. The number of ether oxygens (including phenoxy) is 1. The zero-order valence-electron chi connectivity index (χ0n) is 8.48. The van der Waals surface area contributed by atoms with Crippen molar-refractivity contribution in [2.24, 2.45) is 5.92 Å². The molecule has 2 nitrogen and oxygen atoms in total. The van der Waals surface area contributed by atoms with Crippen LogP contribution in [0.15, 0.2) is 24.3 Å². The number of carbonyl (C=O) groups is 1. The van der Waals surface area contributed by atoms with E-state index in [4.69, 9.17) is 4.74 Å². The standard InChI is InChI=1S/C13H13O2/c14-13-9-5-1-3-7-11(9)15-12-8-4-2-6-10(12)13/h1,3-5,7,10,12H,2,6,8H2/q+1/t10-,12+/m1/s1. The highest BCUT2D eigenvalue weighted by atomic mass is 16.5. The van der Waals surface area contributed by atoms with Gasteiger partial charge in [-0.15, -0.1) is 0 Å². The van der Waals surface area contributed by atoms with Gasteiger partial charge in [0, 0.05) is 6.42 Å². The van der Waals surface area contributed by atoms with Crippen LogP contribution in [0, 0.1) is 12.3 Å². The largest absolute Gasteiger partial charge is 0.484 e. The zero-order valence-corrected chi connectivity index (χ0v) is 8.48. The zero-order chi connectivity index (χ0) is 10.3. The Morgan fingerprint density at radius 2 is 2.20 bits per heavy atom. The van der Waals surface area contributed by atoms with Gasteiger partial charge < -0.3 is 4.74 Å². The van der Waals surface area contributed by atoms with Crippen molar-refractivity contribution in [1.82, 2.24) is 0 Å². The molecule has 0 amide bonds. The van der Waals surface area contributed by atoms with E-state index in [2.05, 4.69) is 6.42 Å². The molecule has 1 heterocycles. The number of Topliss-reactive ketones (excluding diaryl/α,β-unsaturated/α-hetero) is 1. The summed E-state index contributed by atoms with van der Waals surface area (Å²) < 4.78 is 5.85. The second-order valence-corrected chi connectivity index (χ2v) is 4.22. The summed E-state index contributed by atoms with van der Waals surface area (Å²) in [6.07, 6.45) is 5.20. The maximum Gasteiger partial charge on any atom is 0.173 e. The normalized spacial score (nSPS) is 28.4. The topological polar surface area (TPSA) is 26.3 Å². The lowest BCUT2D eigenvalue weighted by molar-refractivity contribution is 0.0588. The van der Waals surface area contributed by atoms with Gasteiger partial charge in [0.1, 0.15) is 18.3 Å². The van der Waals surface area contributed by atoms with Crippen LogP contribution in [-0.2, 0) is 0 Å². The van der Waals surface area contributed by atoms with E-state index >= 15 is 0 Å². The number of rotatable bonds is 0. The molecule has 1 aromatic carbocycles. The molecule has 0 aromatic heterocycles. The molecule has 1 fully saturated rings. The SMILES string of the molecule is O=C1c2ccccc2O[C@H]2C[CH+]CC[C@@H]12. The minimum absolute atomic E-state index is 0.0844. The number of carbonyl (C=O) groups excluding carboxylic acids is 1. The van der Waals surface area contributed by atoms with Crippen molar-refractivity contribution in [3.8, 4) is 5.75 Å². The molecule has 2 heteroatoms. The third-order valence-corrected chi connectivity index (χ3v) is 3.30. The first-order valence-corrected chi connectivity index (χ1v) is 5.48. The number of hydrogen-bond donors (Lipinski definition) is 0. The Morgan fingerprint density at radius 1 is 1.33 bits per heavy atom. The molecule has 0 bridgehead atoms. The van der Waals surface area contributed by atoms with E-state index in [0.717, 1.165) is 30.6 Å². The highest BCUT2D eigenvalue weighted by Crippen LogP contribution is 2.37. The number of benzene rings is 1. The fourth-order valence-corrected chi connectivity index (χ4v) is 2.50. The van der Waals surface area contributed by atoms with Gasteiger partial charge in [0.05, 0.1) is 24.3 Å². The van der Waals surface area contributed by atoms with Crippen molar-refractivity contribution in [2.45, 2.75) is 25.4 Å². The molecule has 2 aliphatic rings. The summed E-state index contributed by atoms with van der Waals surface area (Å²) in [6.45, 7) is 0. The fraction of sp³-hybridized carbons (Fsp3) is 0.385. The summed E-state index contributed by atoms with van der Waals surface area (Å²) in [7, 11) is 0. The Morgan fingerprint density at radius 3 is 3.13 bits per heavy atom. The molecular weight excluding hydrogens is 188 g/mol. The Bertz CT molecular complexity index is 397. The Labute approximate surface area is 89.2 Å². The average molecular weight is 201 g/mol. The summed E-state index contributed by atoms with van der Waals surface area (Å²) in [5.41, 5.74) is 0.764. The lowest BCUT2D eigenvalue weighted by Gasteiger charge is -2.32. The van der Waals surface area contributed by atoms with Crippen LogP contribution in [0.3, 0.4) is 0 Å². The van der Waals surface area contributed by atoms with Crippen LogP contribution in [0.4, 0.5) is 0 Å². The minimum atomic E-state index is 0.0844. The van der Waals surface area contributed by atoms with Gasteiger partial charge in [0.15, 0.2) is 5.78 Å². The monoisotopic (exact) mass is 201 g/mol. The second kappa shape index (κ2) is 3.30. The molecule has 0 radical (unpaired) electrons. The Hall–Kier alpha value is -1.44. The Kier molecular flexibility index (Phi) is 1.94. The van der Waals surface area contributed by atoms with Gasteiger partial charge >= 0.3 is 0 Å². The van der Waals surface area contributed by atoms with Crippen LogP contribution in [-0.4, -0.2) is 11.9 Å². The minimum Gasteiger partial charge on any atom is -0.484 e. The first-order chi connectivity index (χ1) is 7.36. The van der Waals surface area contributed by atoms with Crippen molar-refractivity contribution in [1.29, 1.82) is 0 Å². The highest BCUT2D eigenvalue weighted by Gasteiger charge is 2.41. The van der Waals surface area contributed by atoms with E-state index in [1.807, 2.05) is 24.3 Å². The molecule has 3 rings (SSSR count). The van der Waals surface area contributed by atoms with E-state index in [1.165, 1.54) is 0 Å². The molecule has 1 saturated carbocycles. The molecule has 1 aliphatic carbocycles. The van der Waals surface area contributed by atoms with Crippen LogP contribution < -0.4 is 4.74 Å². The summed E-state index contributed by atoms with van der Waals surface area (Å²) in [4.78, 5) is 12.2. The van der Waals surface area contributed by atoms with Crippen molar-refractivity contribution in [2.75, 3.05) is 0 Å². The van der Waals surface area contributed by atoms with E-state index in [1.54, 1.807) is 0 Å². The fourth-order valence-electron chi connectivity index (χ4n) is 2.50.